The summed E-state index contributed by atoms with van der Waals surface area (Å²) >= 11 is 0. The Balaban J connectivity index is 2.27. The number of aliphatic carboxylic acids is 1. The third kappa shape index (κ3) is 2.54. The van der Waals surface area contributed by atoms with E-state index in [0.29, 0.717) is 24.3 Å². The van der Waals surface area contributed by atoms with E-state index in [1.165, 1.54) is 6.07 Å². The van der Waals surface area contributed by atoms with E-state index in [9.17, 15) is 13.6 Å². The molecule has 0 saturated carbocycles. The highest BCUT2D eigenvalue weighted by Gasteiger charge is 2.26. The zero-order valence-corrected chi connectivity index (χ0v) is 9.03. The van der Waals surface area contributed by atoms with Gasteiger partial charge in [-0.05, 0) is 17.2 Å². The molecule has 1 aliphatic rings. The Hall–Kier alpha value is -1.65. The average Bonchev–Trinajstić information content (AvgIpc) is 2.72. The fourth-order valence-electron chi connectivity index (χ4n) is 1.98. The van der Waals surface area contributed by atoms with Gasteiger partial charge in [0.25, 0.3) is 0 Å². The van der Waals surface area contributed by atoms with Crippen LogP contribution in [0.5, 0.6) is 5.75 Å². The zero-order chi connectivity index (χ0) is 12.4. The zero-order valence-electron chi connectivity index (χ0n) is 9.03. The third-order valence-electron chi connectivity index (χ3n) is 2.84. The van der Waals surface area contributed by atoms with Gasteiger partial charge in [0, 0.05) is 6.42 Å². The number of benzene rings is 1. The molecule has 0 aromatic heterocycles. The lowest BCUT2D eigenvalue weighted by atomic mass is 9.94. The first kappa shape index (κ1) is 11.8. The lowest BCUT2D eigenvalue weighted by Gasteiger charge is -2.15. The van der Waals surface area contributed by atoms with Gasteiger partial charge >= 0.3 is 5.97 Å². The molecule has 0 spiro atoms. The Morgan fingerprint density at radius 1 is 1.47 bits per heavy atom. The molecule has 0 saturated heterocycles. The smallest absolute Gasteiger partial charge is 0.304 e. The molecule has 1 heterocycles. The van der Waals surface area contributed by atoms with E-state index in [1.54, 1.807) is 12.1 Å². The van der Waals surface area contributed by atoms with Crippen LogP contribution in [0.25, 0.3) is 0 Å². The van der Waals surface area contributed by atoms with E-state index in [-0.39, 0.29) is 0 Å². The van der Waals surface area contributed by atoms with Gasteiger partial charge in [-0.3, -0.25) is 4.79 Å². The first-order valence-electron chi connectivity index (χ1n) is 5.33. The number of alkyl halides is 2. The molecule has 0 amide bonds. The molecule has 0 aliphatic carbocycles. The number of ether oxygens (including phenoxy) is 1. The van der Waals surface area contributed by atoms with Crippen molar-refractivity contribution in [2.45, 2.75) is 25.2 Å². The van der Waals surface area contributed by atoms with Crippen molar-refractivity contribution < 1.29 is 23.4 Å². The predicted octanol–water partition coefficient (Wildman–Crippen LogP) is 2.44. The van der Waals surface area contributed by atoms with Crippen LogP contribution in [0.1, 0.15) is 23.5 Å². The average molecular weight is 242 g/mol. The molecule has 1 N–H and O–H groups in total. The molecule has 1 unspecified atom stereocenters. The van der Waals surface area contributed by atoms with Crippen LogP contribution in [0.2, 0.25) is 0 Å². The first-order chi connectivity index (χ1) is 8.08. The number of rotatable bonds is 4. The van der Waals surface area contributed by atoms with Crippen LogP contribution in [0, 0.1) is 0 Å². The standard InChI is InChI=1S/C12H12F2O3/c13-12(14)9(6-11(15)16)7-1-2-10-8(5-7)3-4-17-10/h1-2,5,9,12H,3-4,6H2,(H,15,16). The second-order valence-corrected chi connectivity index (χ2v) is 4.00. The highest BCUT2D eigenvalue weighted by atomic mass is 19.3. The number of hydrogen-bond donors (Lipinski definition) is 1. The van der Waals surface area contributed by atoms with Crippen LogP contribution in [0.15, 0.2) is 18.2 Å². The van der Waals surface area contributed by atoms with Crippen molar-refractivity contribution in [3.8, 4) is 5.75 Å². The summed E-state index contributed by atoms with van der Waals surface area (Å²) in [5.41, 5.74) is 1.24. The minimum absolute atomic E-state index is 0.367. The van der Waals surface area contributed by atoms with E-state index >= 15 is 0 Å². The molecule has 1 aromatic carbocycles. The van der Waals surface area contributed by atoms with Crippen molar-refractivity contribution in [3.63, 3.8) is 0 Å². The number of carbonyl (C=O) groups is 1. The van der Waals surface area contributed by atoms with Crippen molar-refractivity contribution in [1.29, 1.82) is 0 Å². The van der Waals surface area contributed by atoms with Crippen molar-refractivity contribution in [1.82, 2.24) is 0 Å². The molecule has 0 bridgehead atoms. The van der Waals surface area contributed by atoms with Gasteiger partial charge in [0.1, 0.15) is 5.75 Å². The van der Waals surface area contributed by atoms with Gasteiger partial charge < -0.3 is 9.84 Å². The van der Waals surface area contributed by atoms with Gasteiger partial charge in [-0.2, -0.15) is 0 Å². The molecule has 2 rings (SSSR count). The van der Waals surface area contributed by atoms with Gasteiger partial charge in [-0.15, -0.1) is 0 Å². The fourth-order valence-corrected chi connectivity index (χ4v) is 1.98. The summed E-state index contributed by atoms with van der Waals surface area (Å²) in [5, 5.41) is 8.63. The van der Waals surface area contributed by atoms with E-state index in [4.69, 9.17) is 9.84 Å². The molecular weight excluding hydrogens is 230 g/mol. The summed E-state index contributed by atoms with van der Waals surface area (Å²) in [6, 6.07) is 4.78. The summed E-state index contributed by atoms with van der Waals surface area (Å²) in [5.74, 6) is -1.76. The summed E-state index contributed by atoms with van der Waals surface area (Å²) in [4.78, 5) is 10.6. The first-order valence-corrected chi connectivity index (χ1v) is 5.33. The van der Waals surface area contributed by atoms with Crippen LogP contribution >= 0.6 is 0 Å². The summed E-state index contributed by atoms with van der Waals surface area (Å²) in [6.07, 6.45) is -2.55. The lowest BCUT2D eigenvalue weighted by Crippen LogP contribution is -2.14. The van der Waals surface area contributed by atoms with E-state index in [0.717, 1.165) is 5.56 Å². The molecule has 0 fully saturated rings. The minimum atomic E-state index is -2.67. The Labute approximate surface area is 97.0 Å². The SMILES string of the molecule is O=C(O)CC(c1ccc2c(c1)CCO2)C(F)F. The second-order valence-electron chi connectivity index (χ2n) is 4.00. The number of carboxylic acids is 1. The van der Waals surface area contributed by atoms with Crippen molar-refractivity contribution in [3.05, 3.63) is 29.3 Å². The molecule has 0 radical (unpaired) electrons. The largest absolute Gasteiger partial charge is 0.493 e. The van der Waals surface area contributed by atoms with Gasteiger partial charge in [0.05, 0.1) is 18.9 Å². The Morgan fingerprint density at radius 2 is 2.24 bits per heavy atom. The molecule has 3 nitrogen and oxygen atoms in total. The maximum Gasteiger partial charge on any atom is 0.304 e. The van der Waals surface area contributed by atoms with Crippen molar-refractivity contribution in [2.75, 3.05) is 6.61 Å². The van der Waals surface area contributed by atoms with Crippen LogP contribution in [0.3, 0.4) is 0 Å². The maximum absolute atomic E-state index is 12.8. The molecule has 1 aromatic rings. The van der Waals surface area contributed by atoms with E-state index in [1.807, 2.05) is 0 Å². The molecule has 17 heavy (non-hydrogen) atoms. The Kier molecular flexibility index (Phi) is 3.26. The van der Waals surface area contributed by atoms with E-state index in [2.05, 4.69) is 0 Å². The Morgan fingerprint density at radius 3 is 2.88 bits per heavy atom. The molecule has 1 aliphatic heterocycles. The van der Waals surface area contributed by atoms with Gasteiger partial charge in [-0.1, -0.05) is 12.1 Å². The van der Waals surface area contributed by atoms with Gasteiger partial charge in [0.2, 0.25) is 6.43 Å². The topological polar surface area (TPSA) is 46.5 Å². The van der Waals surface area contributed by atoms with Crippen LogP contribution in [-0.2, 0) is 11.2 Å². The van der Waals surface area contributed by atoms with E-state index < -0.39 is 24.7 Å². The van der Waals surface area contributed by atoms with Crippen molar-refractivity contribution in [2.24, 2.45) is 0 Å². The number of carboxylic acid groups (broad SMARTS) is 1. The fraction of sp³-hybridized carbons (Fsp3) is 0.417. The monoisotopic (exact) mass is 242 g/mol. The highest BCUT2D eigenvalue weighted by Crippen LogP contribution is 2.32. The Bertz CT molecular complexity index is 432. The van der Waals surface area contributed by atoms with Crippen LogP contribution in [-0.4, -0.2) is 24.1 Å². The normalized spacial score (nSPS) is 15.5. The number of hydrogen-bond acceptors (Lipinski definition) is 2. The number of halogens is 2. The minimum Gasteiger partial charge on any atom is -0.493 e. The summed E-state index contributed by atoms with van der Waals surface area (Å²) in [6.45, 7) is 0.553. The van der Waals surface area contributed by atoms with Crippen LogP contribution in [0.4, 0.5) is 8.78 Å². The van der Waals surface area contributed by atoms with Crippen LogP contribution < -0.4 is 4.74 Å². The highest BCUT2D eigenvalue weighted by molar-refractivity contribution is 5.68. The summed E-state index contributed by atoms with van der Waals surface area (Å²) in [7, 11) is 0. The predicted molar refractivity (Wildman–Crippen MR) is 56.6 cm³/mol. The third-order valence-corrected chi connectivity index (χ3v) is 2.84. The molecule has 1 atom stereocenters. The maximum atomic E-state index is 12.8. The molecular formula is C12H12F2O3. The van der Waals surface area contributed by atoms with Gasteiger partial charge in [-0.25, -0.2) is 8.78 Å². The second kappa shape index (κ2) is 4.69. The van der Waals surface area contributed by atoms with Gasteiger partial charge in [0.15, 0.2) is 0 Å². The van der Waals surface area contributed by atoms with Crippen molar-refractivity contribution >= 4 is 5.97 Å². The molecule has 92 valence electrons. The quantitative estimate of drug-likeness (QED) is 0.882. The summed E-state index contributed by atoms with van der Waals surface area (Å²) < 4.78 is 30.9. The molecule has 5 heteroatoms. The number of fused-ring (bicyclic) bond motifs is 1. The lowest BCUT2D eigenvalue weighted by molar-refractivity contribution is -0.138.